The zero-order valence-electron chi connectivity index (χ0n) is 18.0. The first-order valence-corrected chi connectivity index (χ1v) is 10.1. The van der Waals surface area contributed by atoms with Gasteiger partial charge in [0.05, 0.1) is 18.4 Å². The Bertz CT molecular complexity index is 1210. The molecule has 3 aromatic carbocycles. The second kappa shape index (κ2) is 8.11. The monoisotopic (exact) mass is 412 g/mol. The fraction of sp³-hybridized carbons (Fsp3) is 0.154. The van der Waals surface area contributed by atoms with Crippen LogP contribution in [-0.2, 0) is 9.59 Å². The molecule has 3 aromatic rings. The molecule has 0 atom stereocenters. The smallest absolute Gasteiger partial charge is 0.282 e. The number of imide groups is 1. The summed E-state index contributed by atoms with van der Waals surface area (Å²) in [5.74, 6) is -0.0378. The number of hydrogen-bond acceptors (Lipinski definition) is 4. The standard InChI is InChI=1S/C26H24N2O3/c1-16-9-7-10-21(18(16)3)27-24-23(19-12-14-20(31-4)15-13-19)25(29)28(26(24)30)22-11-6-5-8-17(22)2/h5-15,27H,1-4H3. The number of hydrogen-bond donors (Lipinski definition) is 1. The van der Waals surface area contributed by atoms with Crippen molar-refractivity contribution in [2.45, 2.75) is 20.8 Å². The summed E-state index contributed by atoms with van der Waals surface area (Å²) in [4.78, 5) is 28.3. The predicted octanol–water partition coefficient (Wildman–Crippen LogP) is 5.02. The number of carbonyl (C=O) groups excluding carboxylic acids is 2. The third-order valence-corrected chi connectivity index (χ3v) is 5.68. The summed E-state index contributed by atoms with van der Waals surface area (Å²) >= 11 is 0. The Morgan fingerprint density at radius 3 is 2.13 bits per heavy atom. The molecule has 1 aliphatic heterocycles. The van der Waals surface area contributed by atoms with Crippen molar-refractivity contribution in [2.75, 3.05) is 17.3 Å². The topological polar surface area (TPSA) is 58.6 Å². The van der Waals surface area contributed by atoms with E-state index < -0.39 is 0 Å². The molecule has 0 unspecified atom stereocenters. The average molecular weight is 412 g/mol. The van der Waals surface area contributed by atoms with Crippen molar-refractivity contribution in [3.8, 4) is 5.75 Å². The maximum absolute atomic E-state index is 13.6. The summed E-state index contributed by atoms with van der Waals surface area (Å²) < 4.78 is 5.24. The Morgan fingerprint density at radius 2 is 1.45 bits per heavy atom. The van der Waals surface area contributed by atoms with Crippen LogP contribution in [0.15, 0.2) is 72.4 Å². The molecule has 5 nitrogen and oxygen atoms in total. The van der Waals surface area contributed by atoms with Crippen LogP contribution in [0.2, 0.25) is 0 Å². The van der Waals surface area contributed by atoms with Gasteiger partial charge in [-0.2, -0.15) is 0 Å². The van der Waals surface area contributed by atoms with Gasteiger partial charge in [-0.3, -0.25) is 9.59 Å². The molecule has 156 valence electrons. The highest BCUT2D eigenvalue weighted by Crippen LogP contribution is 2.36. The fourth-order valence-electron chi connectivity index (χ4n) is 3.73. The van der Waals surface area contributed by atoms with Gasteiger partial charge in [-0.25, -0.2) is 4.90 Å². The van der Waals surface area contributed by atoms with Gasteiger partial charge in [0.15, 0.2) is 0 Å². The van der Waals surface area contributed by atoms with E-state index in [0.717, 1.165) is 22.4 Å². The molecule has 1 N–H and O–H groups in total. The van der Waals surface area contributed by atoms with Crippen LogP contribution in [0.25, 0.3) is 5.57 Å². The largest absolute Gasteiger partial charge is 0.497 e. The third kappa shape index (κ3) is 3.59. The number of anilines is 2. The van der Waals surface area contributed by atoms with E-state index in [0.29, 0.717) is 22.6 Å². The van der Waals surface area contributed by atoms with Crippen molar-refractivity contribution in [3.05, 3.63) is 94.7 Å². The first kappa shape index (κ1) is 20.4. The van der Waals surface area contributed by atoms with Crippen LogP contribution in [0, 0.1) is 20.8 Å². The third-order valence-electron chi connectivity index (χ3n) is 5.68. The van der Waals surface area contributed by atoms with Crippen molar-refractivity contribution in [1.29, 1.82) is 0 Å². The number of carbonyl (C=O) groups is 2. The number of aryl methyl sites for hydroxylation is 2. The maximum atomic E-state index is 13.6. The van der Waals surface area contributed by atoms with E-state index in [1.807, 2.05) is 57.2 Å². The minimum atomic E-state index is -0.369. The highest BCUT2D eigenvalue weighted by atomic mass is 16.5. The van der Waals surface area contributed by atoms with Crippen LogP contribution in [-0.4, -0.2) is 18.9 Å². The van der Waals surface area contributed by atoms with Crippen LogP contribution in [0.4, 0.5) is 11.4 Å². The van der Waals surface area contributed by atoms with E-state index in [2.05, 4.69) is 5.32 Å². The van der Waals surface area contributed by atoms with Crippen molar-refractivity contribution >= 4 is 28.8 Å². The number of methoxy groups -OCH3 is 1. The zero-order valence-corrected chi connectivity index (χ0v) is 18.0. The number of rotatable bonds is 5. The average Bonchev–Trinajstić information content (AvgIpc) is 3.01. The molecule has 0 aliphatic carbocycles. The Morgan fingerprint density at radius 1 is 0.774 bits per heavy atom. The van der Waals surface area contributed by atoms with Crippen molar-refractivity contribution in [1.82, 2.24) is 0 Å². The van der Waals surface area contributed by atoms with Gasteiger partial charge in [0.2, 0.25) is 0 Å². The van der Waals surface area contributed by atoms with E-state index in [9.17, 15) is 9.59 Å². The highest BCUT2D eigenvalue weighted by Gasteiger charge is 2.40. The molecule has 0 spiro atoms. The lowest BCUT2D eigenvalue weighted by atomic mass is 10.0. The molecule has 0 radical (unpaired) electrons. The zero-order chi connectivity index (χ0) is 22.1. The van der Waals surface area contributed by atoms with E-state index >= 15 is 0 Å². The number of benzene rings is 3. The molecule has 0 fully saturated rings. The highest BCUT2D eigenvalue weighted by molar-refractivity contribution is 6.46. The molecule has 0 aromatic heterocycles. The maximum Gasteiger partial charge on any atom is 0.282 e. The number of ether oxygens (including phenoxy) is 1. The number of nitrogens with one attached hydrogen (secondary N) is 1. The van der Waals surface area contributed by atoms with Gasteiger partial charge in [-0.05, 0) is 67.3 Å². The fourth-order valence-corrected chi connectivity index (χ4v) is 3.73. The Balaban J connectivity index is 1.86. The van der Waals surface area contributed by atoms with Crippen LogP contribution in [0.3, 0.4) is 0 Å². The lowest BCUT2D eigenvalue weighted by Crippen LogP contribution is -2.33. The molecule has 31 heavy (non-hydrogen) atoms. The van der Waals surface area contributed by atoms with Gasteiger partial charge >= 0.3 is 0 Å². The molecule has 5 heteroatoms. The molecule has 0 bridgehead atoms. The second-order valence-electron chi connectivity index (χ2n) is 7.58. The number of para-hydroxylation sites is 1. The molecule has 0 saturated carbocycles. The molecule has 1 aliphatic rings. The quantitative estimate of drug-likeness (QED) is 0.598. The summed E-state index contributed by atoms with van der Waals surface area (Å²) in [6, 6.07) is 20.4. The first-order valence-electron chi connectivity index (χ1n) is 10.1. The summed E-state index contributed by atoms with van der Waals surface area (Å²) in [5.41, 5.74) is 5.64. The Hall–Kier alpha value is -3.86. The van der Waals surface area contributed by atoms with E-state index in [-0.39, 0.29) is 17.5 Å². The Kier molecular flexibility index (Phi) is 5.34. The SMILES string of the molecule is COc1ccc(C2=C(Nc3cccc(C)c3C)C(=O)N(c3ccccc3C)C2=O)cc1. The molecular formula is C26H24N2O3. The molecular weight excluding hydrogens is 388 g/mol. The van der Waals surface area contributed by atoms with Gasteiger partial charge in [0, 0.05) is 5.69 Å². The summed E-state index contributed by atoms with van der Waals surface area (Å²) in [6.07, 6.45) is 0. The number of amides is 2. The summed E-state index contributed by atoms with van der Waals surface area (Å²) in [5, 5.41) is 3.26. The van der Waals surface area contributed by atoms with Gasteiger partial charge in [-0.1, -0.05) is 42.5 Å². The summed E-state index contributed by atoms with van der Waals surface area (Å²) in [6.45, 7) is 5.89. The normalized spacial score (nSPS) is 13.7. The van der Waals surface area contributed by atoms with Crippen molar-refractivity contribution in [2.24, 2.45) is 0 Å². The van der Waals surface area contributed by atoms with Gasteiger partial charge in [0.25, 0.3) is 11.8 Å². The van der Waals surface area contributed by atoms with E-state index in [1.165, 1.54) is 4.90 Å². The van der Waals surface area contributed by atoms with Gasteiger partial charge < -0.3 is 10.1 Å². The summed E-state index contributed by atoms with van der Waals surface area (Å²) in [7, 11) is 1.59. The lowest BCUT2D eigenvalue weighted by Gasteiger charge is -2.18. The van der Waals surface area contributed by atoms with Gasteiger partial charge in [-0.15, -0.1) is 0 Å². The minimum Gasteiger partial charge on any atom is -0.497 e. The van der Waals surface area contributed by atoms with Crippen molar-refractivity contribution < 1.29 is 14.3 Å². The minimum absolute atomic E-state index is 0.270. The van der Waals surface area contributed by atoms with Crippen molar-refractivity contribution in [3.63, 3.8) is 0 Å². The molecule has 0 saturated heterocycles. The van der Waals surface area contributed by atoms with E-state index in [1.54, 1.807) is 37.4 Å². The second-order valence-corrected chi connectivity index (χ2v) is 7.58. The van der Waals surface area contributed by atoms with Crippen LogP contribution in [0.5, 0.6) is 5.75 Å². The van der Waals surface area contributed by atoms with Crippen LogP contribution < -0.4 is 15.0 Å². The predicted molar refractivity (Wildman–Crippen MR) is 123 cm³/mol. The van der Waals surface area contributed by atoms with Crippen LogP contribution >= 0.6 is 0 Å². The molecule has 1 heterocycles. The first-order chi connectivity index (χ1) is 14.9. The molecule has 4 rings (SSSR count). The molecule has 2 amide bonds. The lowest BCUT2D eigenvalue weighted by molar-refractivity contribution is -0.120. The van der Waals surface area contributed by atoms with E-state index in [4.69, 9.17) is 4.74 Å². The van der Waals surface area contributed by atoms with Gasteiger partial charge in [0.1, 0.15) is 11.4 Å². The number of nitrogens with zero attached hydrogens (tertiary/aromatic N) is 1. The Labute approximate surface area is 182 Å². The van der Waals surface area contributed by atoms with Crippen LogP contribution in [0.1, 0.15) is 22.3 Å².